The lowest BCUT2D eigenvalue weighted by molar-refractivity contribution is -0.133. The van der Waals surface area contributed by atoms with Crippen LogP contribution in [0.2, 0.25) is 0 Å². The van der Waals surface area contributed by atoms with E-state index in [0.717, 1.165) is 57.0 Å². The Bertz CT molecular complexity index is 1090. The van der Waals surface area contributed by atoms with Crippen molar-refractivity contribution in [2.75, 3.05) is 18.4 Å². The number of aromatic amines is 1. The molecule has 1 aliphatic carbocycles. The normalized spacial score (nSPS) is 21.6. The second-order valence-corrected chi connectivity index (χ2v) is 8.88. The number of pyridine rings is 1. The number of hydrogen-bond donors (Lipinski definition) is 2. The molecule has 1 amide bonds. The number of hydrogen-bond acceptors (Lipinski definition) is 6. The number of carbonyl (C=O) groups excluding carboxylic acids is 1. The predicted octanol–water partition coefficient (Wildman–Crippen LogP) is 3.93. The van der Waals surface area contributed by atoms with Crippen molar-refractivity contribution in [3.8, 4) is 11.5 Å². The quantitative estimate of drug-likeness (QED) is 0.627. The minimum Gasteiger partial charge on any atom is -0.365 e. The van der Waals surface area contributed by atoms with E-state index in [4.69, 9.17) is 0 Å². The molecule has 0 bridgehead atoms. The Labute approximate surface area is 186 Å². The molecule has 9 heteroatoms. The summed E-state index contributed by atoms with van der Waals surface area (Å²) in [5.74, 6) is 0.669. The molecule has 2 atom stereocenters. The van der Waals surface area contributed by atoms with Crippen molar-refractivity contribution in [1.29, 1.82) is 0 Å². The number of nitrogens with one attached hydrogen (secondary N) is 2. The van der Waals surface area contributed by atoms with Gasteiger partial charge in [0.25, 0.3) is 0 Å². The number of amides is 1. The molecule has 0 aromatic carbocycles. The van der Waals surface area contributed by atoms with Crippen LogP contribution in [-0.4, -0.2) is 55.1 Å². The zero-order valence-electron chi connectivity index (χ0n) is 18.1. The van der Waals surface area contributed by atoms with E-state index in [1.165, 1.54) is 12.6 Å². The van der Waals surface area contributed by atoms with Gasteiger partial charge in [0.15, 0.2) is 23.1 Å². The molecular weight excluding hydrogens is 409 g/mol. The smallest absolute Gasteiger partial charge is 0.222 e. The number of nitrogens with zero attached hydrogens (tertiary/aromatic N) is 5. The van der Waals surface area contributed by atoms with Gasteiger partial charge in [-0.15, -0.1) is 0 Å². The van der Waals surface area contributed by atoms with Gasteiger partial charge in [-0.05, 0) is 56.6 Å². The van der Waals surface area contributed by atoms with E-state index in [1.807, 2.05) is 17.0 Å². The lowest BCUT2D eigenvalue weighted by atomic mass is 9.83. The number of carbonyl (C=O) groups is 1. The lowest BCUT2D eigenvalue weighted by Crippen LogP contribution is -2.38. The van der Waals surface area contributed by atoms with Gasteiger partial charge in [0.2, 0.25) is 5.91 Å². The van der Waals surface area contributed by atoms with Crippen molar-refractivity contribution in [3.05, 3.63) is 30.3 Å². The Morgan fingerprint density at radius 3 is 2.94 bits per heavy atom. The van der Waals surface area contributed by atoms with E-state index in [1.54, 1.807) is 6.20 Å². The summed E-state index contributed by atoms with van der Waals surface area (Å²) in [6, 6.07) is 3.78. The van der Waals surface area contributed by atoms with E-state index in [9.17, 15) is 9.18 Å². The second-order valence-electron chi connectivity index (χ2n) is 8.88. The number of piperidine rings is 1. The van der Waals surface area contributed by atoms with Crippen LogP contribution in [0.4, 0.5) is 10.2 Å². The summed E-state index contributed by atoms with van der Waals surface area (Å²) >= 11 is 0. The highest BCUT2D eigenvalue weighted by Gasteiger charge is 2.27. The summed E-state index contributed by atoms with van der Waals surface area (Å²) in [7, 11) is 0. The van der Waals surface area contributed by atoms with Gasteiger partial charge in [0.1, 0.15) is 5.69 Å². The zero-order chi connectivity index (χ0) is 21.9. The Hall–Kier alpha value is -3.10. The van der Waals surface area contributed by atoms with E-state index >= 15 is 0 Å². The van der Waals surface area contributed by atoms with Gasteiger partial charge in [0, 0.05) is 37.1 Å². The molecule has 0 unspecified atom stereocenters. The third-order valence-electron chi connectivity index (χ3n) is 6.59. The standard InChI is InChI=1S/C23H28FN7O/c24-18-14-26-23(20-17-8-5-9-25-21(17)30-29-20)28-22(18)27-16-7-4-6-15(12-16)13-19(32)31-10-2-1-3-11-31/h5,8-9,14-16H,1-4,6-7,10-13H2,(H,25,29,30)(H,26,27,28)/t15-,16+/m1/s1. The first-order chi connectivity index (χ1) is 15.7. The average molecular weight is 438 g/mol. The zero-order valence-corrected chi connectivity index (χ0v) is 18.1. The summed E-state index contributed by atoms with van der Waals surface area (Å²) < 4.78 is 14.5. The highest BCUT2D eigenvalue weighted by molar-refractivity contribution is 5.88. The molecule has 1 aliphatic heterocycles. The van der Waals surface area contributed by atoms with Crippen molar-refractivity contribution >= 4 is 22.8 Å². The fourth-order valence-electron chi connectivity index (χ4n) is 4.93. The molecule has 2 N–H and O–H groups in total. The number of aromatic nitrogens is 5. The molecule has 8 nitrogen and oxygen atoms in total. The number of rotatable bonds is 5. The van der Waals surface area contributed by atoms with Crippen LogP contribution in [0.15, 0.2) is 24.5 Å². The Kier molecular flexibility index (Phi) is 5.96. The maximum atomic E-state index is 14.5. The van der Waals surface area contributed by atoms with Crippen LogP contribution in [0.1, 0.15) is 51.4 Å². The van der Waals surface area contributed by atoms with Gasteiger partial charge in [-0.2, -0.15) is 5.10 Å². The van der Waals surface area contributed by atoms with Crippen LogP contribution >= 0.6 is 0 Å². The van der Waals surface area contributed by atoms with E-state index in [-0.39, 0.29) is 17.8 Å². The molecule has 0 spiro atoms. The van der Waals surface area contributed by atoms with E-state index in [2.05, 4.69) is 30.5 Å². The summed E-state index contributed by atoms with van der Waals surface area (Å²) in [5.41, 5.74) is 1.18. The first-order valence-corrected chi connectivity index (χ1v) is 11.5. The van der Waals surface area contributed by atoms with Gasteiger partial charge >= 0.3 is 0 Å². The predicted molar refractivity (Wildman–Crippen MR) is 119 cm³/mol. The fraction of sp³-hybridized carbons (Fsp3) is 0.522. The Balaban J connectivity index is 1.27. The molecule has 1 saturated heterocycles. The lowest BCUT2D eigenvalue weighted by Gasteiger charge is -2.32. The largest absolute Gasteiger partial charge is 0.365 e. The van der Waals surface area contributed by atoms with Crippen LogP contribution in [0, 0.1) is 11.7 Å². The molecule has 3 aromatic rings. The van der Waals surface area contributed by atoms with Gasteiger partial charge < -0.3 is 10.2 Å². The molecule has 5 rings (SSSR count). The summed E-state index contributed by atoms with van der Waals surface area (Å²) in [6.07, 6.45) is 10.7. The summed E-state index contributed by atoms with van der Waals surface area (Å²) in [5, 5.41) is 11.2. The molecule has 32 heavy (non-hydrogen) atoms. The maximum absolute atomic E-state index is 14.5. The molecule has 4 heterocycles. The third kappa shape index (κ3) is 4.42. The van der Waals surface area contributed by atoms with Crippen molar-refractivity contribution in [2.24, 2.45) is 5.92 Å². The van der Waals surface area contributed by atoms with Crippen LogP contribution in [-0.2, 0) is 4.79 Å². The summed E-state index contributed by atoms with van der Waals surface area (Å²) in [6.45, 7) is 1.78. The number of anilines is 1. The Morgan fingerprint density at radius 1 is 1.19 bits per heavy atom. The van der Waals surface area contributed by atoms with E-state index < -0.39 is 5.82 Å². The summed E-state index contributed by atoms with van der Waals surface area (Å²) in [4.78, 5) is 27.5. The van der Waals surface area contributed by atoms with Crippen LogP contribution in [0.5, 0.6) is 0 Å². The van der Waals surface area contributed by atoms with Gasteiger partial charge in [-0.25, -0.2) is 19.3 Å². The van der Waals surface area contributed by atoms with Crippen molar-refractivity contribution in [2.45, 2.75) is 57.4 Å². The maximum Gasteiger partial charge on any atom is 0.222 e. The molecule has 1 saturated carbocycles. The van der Waals surface area contributed by atoms with E-state index in [0.29, 0.717) is 29.5 Å². The molecular formula is C23H28FN7O. The van der Waals surface area contributed by atoms with Crippen molar-refractivity contribution in [3.63, 3.8) is 0 Å². The average Bonchev–Trinajstić information content (AvgIpc) is 3.26. The van der Waals surface area contributed by atoms with Gasteiger partial charge in [0.05, 0.1) is 6.20 Å². The number of likely N-dealkylation sites (tertiary alicyclic amines) is 1. The third-order valence-corrected chi connectivity index (χ3v) is 6.59. The molecule has 3 aromatic heterocycles. The SMILES string of the molecule is O=C(C[C@@H]1CCC[C@H](Nc2nc(-c3[nH]nc4ncccc34)ncc2F)C1)N1CCCCC1. The highest BCUT2D eigenvalue weighted by atomic mass is 19.1. The van der Waals surface area contributed by atoms with Gasteiger partial charge in [-0.3, -0.25) is 9.89 Å². The minimum atomic E-state index is -0.484. The molecule has 168 valence electrons. The fourth-order valence-corrected chi connectivity index (χ4v) is 4.93. The van der Waals surface area contributed by atoms with Crippen LogP contribution in [0.3, 0.4) is 0 Å². The van der Waals surface area contributed by atoms with Gasteiger partial charge in [-0.1, -0.05) is 6.42 Å². The van der Waals surface area contributed by atoms with Crippen molar-refractivity contribution < 1.29 is 9.18 Å². The number of H-pyrrole nitrogens is 1. The first-order valence-electron chi connectivity index (χ1n) is 11.5. The minimum absolute atomic E-state index is 0.0836. The molecule has 2 fully saturated rings. The Morgan fingerprint density at radius 2 is 2.06 bits per heavy atom. The highest BCUT2D eigenvalue weighted by Crippen LogP contribution is 2.31. The molecule has 0 radical (unpaired) electrons. The van der Waals surface area contributed by atoms with Crippen molar-refractivity contribution in [1.82, 2.24) is 30.0 Å². The first kappa shape index (κ1) is 20.8. The monoisotopic (exact) mass is 437 g/mol. The number of fused-ring (bicyclic) bond motifs is 1. The second kappa shape index (κ2) is 9.18. The topological polar surface area (TPSA) is 99.7 Å². The number of halogens is 1. The molecule has 2 aliphatic rings. The van der Waals surface area contributed by atoms with Crippen LogP contribution < -0.4 is 5.32 Å². The van der Waals surface area contributed by atoms with Crippen LogP contribution in [0.25, 0.3) is 22.6 Å².